The average molecular weight is 451 g/mol. The van der Waals surface area contributed by atoms with Gasteiger partial charge in [0.1, 0.15) is 11.6 Å². The summed E-state index contributed by atoms with van der Waals surface area (Å²) in [5, 5.41) is 5.49. The van der Waals surface area contributed by atoms with E-state index in [1.54, 1.807) is 24.4 Å². The third kappa shape index (κ3) is 5.62. The third-order valence-corrected chi connectivity index (χ3v) is 5.44. The standard InChI is InChI=1S/C29H27FN4/c1-4-5-6-26(30)9-7-22-8-10-27-24(17-22)11-14-32-29(27)34-19-23-15-20(2)28(33-18-23)25-12-13-31-21(3)16-25/h4-18H,19H2,1-3H3,(H,32,34)/b5-4-,9-7+,26-6+. The topological polar surface area (TPSA) is 50.7 Å². The zero-order valence-corrected chi connectivity index (χ0v) is 19.6. The van der Waals surface area contributed by atoms with Gasteiger partial charge in [-0.2, -0.15) is 0 Å². The molecule has 34 heavy (non-hydrogen) atoms. The van der Waals surface area contributed by atoms with E-state index < -0.39 is 0 Å². The van der Waals surface area contributed by atoms with Gasteiger partial charge >= 0.3 is 0 Å². The molecule has 0 radical (unpaired) electrons. The smallest absolute Gasteiger partial charge is 0.134 e. The number of nitrogens with one attached hydrogen (secondary N) is 1. The number of rotatable bonds is 7. The average Bonchev–Trinajstić information content (AvgIpc) is 2.84. The van der Waals surface area contributed by atoms with Crippen molar-refractivity contribution in [3.63, 3.8) is 0 Å². The molecule has 4 nitrogen and oxygen atoms in total. The predicted molar refractivity (Wildman–Crippen MR) is 139 cm³/mol. The van der Waals surface area contributed by atoms with E-state index in [1.165, 1.54) is 12.2 Å². The SMILES string of the molecule is C\C=C/C=C(F)\C=C\c1ccc2c(NCc3cnc(-c4ccnc(C)c4)c(C)c3)nccc2c1. The van der Waals surface area contributed by atoms with E-state index >= 15 is 0 Å². The maximum absolute atomic E-state index is 13.8. The molecule has 5 heteroatoms. The van der Waals surface area contributed by atoms with Crippen LogP contribution in [0, 0.1) is 13.8 Å². The van der Waals surface area contributed by atoms with Crippen LogP contribution in [0.5, 0.6) is 0 Å². The summed E-state index contributed by atoms with van der Waals surface area (Å²) in [4.78, 5) is 13.5. The Morgan fingerprint density at radius 1 is 1.00 bits per heavy atom. The molecule has 3 aromatic heterocycles. The van der Waals surface area contributed by atoms with Gasteiger partial charge in [0.25, 0.3) is 0 Å². The lowest BCUT2D eigenvalue weighted by molar-refractivity contribution is 0.668. The first-order chi connectivity index (χ1) is 16.5. The second-order valence-electron chi connectivity index (χ2n) is 8.10. The lowest BCUT2D eigenvalue weighted by Gasteiger charge is -2.11. The molecule has 0 amide bonds. The Morgan fingerprint density at radius 3 is 2.65 bits per heavy atom. The molecule has 1 aromatic carbocycles. The molecule has 0 aliphatic rings. The van der Waals surface area contributed by atoms with Crippen LogP contribution in [0.15, 0.2) is 91.2 Å². The van der Waals surface area contributed by atoms with Crippen molar-refractivity contribution in [1.82, 2.24) is 15.0 Å². The van der Waals surface area contributed by atoms with Crippen molar-refractivity contribution in [2.24, 2.45) is 0 Å². The predicted octanol–water partition coefficient (Wildman–Crippen LogP) is 7.36. The molecule has 0 unspecified atom stereocenters. The lowest BCUT2D eigenvalue weighted by atomic mass is 10.1. The van der Waals surface area contributed by atoms with Crippen LogP contribution >= 0.6 is 0 Å². The van der Waals surface area contributed by atoms with Gasteiger partial charge in [0.15, 0.2) is 0 Å². The van der Waals surface area contributed by atoms with Gasteiger partial charge in [-0.3, -0.25) is 9.97 Å². The van der Waals surface area contributed by atoms with Crippen molar-refractivity contribution in [2.45, 2.75) is 27.3 Å². The van der Waals surface area contributed by atoms with E-state index in [0.717, 1.165) is 50.2 Å². The third-order valence-electron chi connectivity index (χ3n) is 5.44. The monoisotopic (exact) mass is 450 g/mol. The summed E-state index contributed by atoms with van der Waals surface area (Å²) in [6.07, 6.45) is 13.6. The van der Waals surface area contributed by atoms with Gasteiger partial charge in [-0.25, -0.2) is 9.37 Å². The number of aromatic nitrogens is 3. The Kier molecular flexibility index (Phi) is 7.23. The minimum atomic E-state index is -0.288. The molecule has 170 valence electrons. The van der Waals surface area contributed by atoms with Crippen LogP contribution in [-0.2, 0) is 6.54 Å². The van der Waals surface area contributed by atoms with E-state index in [1.807, 2.05) is 62.6 Å². The number of nitrogens with zero attached hydrogens (tertiary/aromatic N) is 3. The first-order valence-corrected chi connectivity index (χ1v) is 11.2. The van der Waals surface area contributed by atoms with Gasteiger partial charge in [-0.05, 0) is 79.3 Å². The molecular formula is C29H27FN4. The summed E-state index contributed by atoms with van der Waals surface area (Å²) < 4.78 is 13.8. The zero-order chi connectivity index (χ0) is 23.9. The van der Waals surface area contributed by atoms with E-state index in [4.69, 9.17) is 4.98 Å². The first kappa shape index (κ1) is 23.1. The van der Waals surface area contributed by atoms with Crippen LogP contribution in [-0.4, -0.2) is 15.0 Å². The van der Waals surface area contributed by atoms with Crippen LogP contribution in [0.25, 0.3) is 28.1 Å². The maximum atomic E-state index is 13.8. The van der Waals surface area contributed by atoms with Crippen molar-refractivity contribution >= 4 is 22.7 Å². The van der Waals surface area contributed by atoms with Crippen LogP contribution in [0.2, 0.25) is 0 Å². The van der Waals surface area contributed by atoms with E-state index in [-0.39, 0.29) is 5.83 Å². The normalized spacial score (nSPS) is 12.2. The number of fused-ring (bicyclic) bond motifs is 1. The number of benzene rings is 1. The molecule has 0 atom stereocenters. The maximum Gasteiger partial charge on any atom is 0.134 e. The van der Waals surface area contributed by atoms with Gasteiger partial charge in [0, 0.05) is 41.8 Å². The molecule has 1 N–H and O–H groups in total. The Balaban J connectivity index is 1.50. The highest BCUT2D eigenvalue weighted by Gasteiger charge is 2.07. The van der Waals surface area contributed by atoms with Gasteiger partial charge in [-0.1, -0.05) is 36.4 Å². The molecule has 0 spiro atoms. The number of halogens is 1. The van der Waals surface area contributed by atoms with Gasteiger partial charge in [0.05, 0.1) is 5.69 Å². The summed E-state index contributed by atoms with van der Waals surface area (Å²) in [5.41, 5.74) is 6.13. The zero-order valence-electron chi connectivity index (χ0n) is 19.6. The highest BCUT2D eigenvalue weighted by molar-refractivity contribution is 5.93. The highest BCUT2D eigenvalue weighted by Crippen LogP contribution is 2.25. The van der Waals surface area contributed by atoms with Crippen LogP contribution < -0.4 is 5.32 Å². The first-order valence-electron chi connectivity index (χ1n) is 11.2. The second-order valence-corrected chi connectivity index (χ2v) is 8.10. The van der Waals surface area contributed by atoms with Crippen molar-refractivity contribution in [1.29, 1.82) is 0 Å². The number of hydrogen-bond acceptors (Lipinski definition) is 4. The number of allylic oxidation sites excluding steroid dienone is 5. The van der Waals surface area contributed by atoms with Crippen LogP contribution in [0.1, 0.15) is 29.3 Å². The van der Waals surface area contributed by atoms with Crippen LogP contribution in [0.4, 0.5) is 10.2 Å². The largest absolute Gasteiger partial charge is 0.365 e. The molecule has 0 aliphatic heterocycles. The molecule has 0 saturated heterocycles. The molecule has 0 bridgehead atoms. The molecular weight excluding hydrogens is 423 g/mol. The number of anilines is 1. The Hall–Kier alpha value is -4.12. The number of aryl methyl sites for hydroxylation is 2. The minimum absolute atomic E-state index is 0.288. The molecule has 3 heterocycles. The molecule has 4 rings (SSSR count). The van der Waals surface area contributed by atoms with E-state index in [2.05, 4.69) is 28.3 Å². The summed E-state index contributed by atoms with van der Waals surface area (Å²) in [6, 6.07) is 14.1. The van der Waals surface area contributed by atoms with E-state index in [9.17, 15) is 4.39 Å². The van der Waals surface area contributed by atoms with Crippen molar-refractivity contribution < 1.29 is 4.39 Å². The van der Waals surface area contributed by atoms with Crippen molar-refractivity contribution in [3.8, 4) is 11.3 Å². The summed E-state index contributed by atoms with van der Waals surface area (Å²) in [7, 11) is 0. The molecule has 0 fully saturated rings. The quantitative estimate of drug-likeness (QED) is 0.299. The highest BCUT2D eigenvalue weighted by atomic mass is 19.1. The molecule has 0 aliphatic carbocycles. The number of hydrogen-bond donors (Lipinski definition) is 1. The number of pyridine rings is 3. The molecule has 0 saturated carbocycles. The lowest BCUT2D eigenvalue weighted by Crippen LogP contribution is -2.03. The summed E-state index contributed by atoms with van der Waals surface area (Å²) in [5.74, 6) is 0.517. The fourth-order valence-electron chi connectivity index (χ4n) is 3.77. The van der Waals surface area contributed by atoms with Gasteiger partial charge in [-0.15, -0.1) is 0 Å². The summed E-state index contributed by atoms with van der Waals surface area (Å²) in [6.45, 7) is 6.52. The molecule has 4 aromatic rings. The Labute approximate surface area is 199 Å². The Bertz CT molecular complexity index is 1400. The Morgan fingerprint density at radius 2 is 1.85 bits per heavy atom. The second kappa shape index (κ2) is 10.7. The summed E-state index contributed by atoms with van der Waals surface area (Å²) >= 11 is 0. The van der Waals surface area contributed by atoms with Crippen LogP contribution in [0.3, 0.4) is 0 Å². The van der Waals surface area contributed by atoms with Crippen molar-refractivity contribution in [3.05, 3.63) is 114 Å². The minimum Gasteiger partial charge on any atom is -0.365 e. The fourth-order valence-corrected chi connectivity index (χ4v) is 3.77. The van der Waals surface area contributed by atoms with Crippen molar-refractivity contribution in [2.75, 3.05) is 5.32 Å². The van der Waals surface area contributed by atoms with E-state index in [0.29, 0.717) is 6.54 Å². The van der Waals surface area contributed by atoms with Gasteiger partial charge < -0.3 is 5.32 Å². The van der Waals surface area contributed by atoms with Gasteiger partial charge in [0.2, 0.25) is 0 Å². The fraction of sp³-hybridized carbons (Fsp3) is 0.138.